The molecule has 0 aliphatic rings. The highest BCUT2D eigenvalue weighted by Crippen LogP contribution is 2.42. The van der Waals surface area contributed by atoms with E-state index in [1.54, 1.807) is 24.4 Å². The lowest BCUT2D eigenvalue weighted by Gasteiger charge is -2.18. The van der Waals surface area contributed by atoms with Gasteiger partial charge in [-0.2, -0.15) is 0 Å². The van der Waals surface area contributed by atoms with Crippen LogP contribution in [0.5, 0.6) is 11.5 Å². The van der Waals surface area contributed by atoms with Crippen molar-refractivity contribution < 1.29 is 14.3 Å². The Hall–Kier alpha value is -7.70. The Bertz CT molecular complexity index is 2990. The van der Waals surface area contributed by atoms with Gasteiger partial charge in [0.1, 0.15) is 30.4 Å². The average Bonchev–Trinajstić information content (AvgIpc) is 3.67. The molecule has 6 heteroatoms. The van der Waals surface area contributed by atoms with Gasteiger partial charge in [-0.1, -0.05) is 164 Å². The Kier molecular flexibility index (Phi) is 10.3. The molecule has 0 aliphatic heterocycles. The fourth-order valence-electron chi connectivity index (χ4n) is 7.44. The summed E-state index contributed by atoms with van der Waals surface area (Å²) < 4.78 is 12.4. The lowest BCUT2D eigenvalue weighted by atomic mass is 9.95. The first-order valence-corrected chi connectivity index (χ1v) is 19.3. The van der Waals surface area contributed by atoms with Crippen molar-refractivity contribution in [3.05, 3.63) is 217 Å². The third-order valence-electron chi connectivity index (χ3n) is 10.2. The van der Waals surface area contributed by atoms with Gasteiger partial charge in [0.15, 0.2) is 0 Å². The van der Waals surface area contributed by atoms with Crippen molar-refractivity contribution in [1.29, 1.82) is 0 Å². The van der Waals surface area contributed by atoms with Crippen LogP contribution in [0, 0.1) is 0 Å². The van der Waals surface area contributed by atoms with Gasteiger partial charge in [0, 0.05) is 51.0 Å². The Morgan fingerprint density at radius 1 is 0.500 bits per heavy atom. The number of H-pyrrole nitrogens is 1. The molecule has 2 aromatic heterocycles. The van der Waals surface area contributed by atoms with Crippen LogP contribution in [0.25, 0.3) is 54.5 Å². The molecule has 0 saturated carbocycles. The molecule has 0 spiro atoms. The number of carbonyl (C=O) groups excluding carboxylic acids is 1. The maximum absolute atomic E-state index is 13.0. The van der Waals surface area contributed by atoms with Gasteiger partial charge < -0.3 is 19.8 Å². The van der Waals surface area contributed by atoms with Crippen molar-refractivity contribution in [3.8, 4) is 22.6 Å². The van der Waals surface area contributed by atoms with Crippen molar-refractivity contribution in [1.82, 2.24) is 9.97 Å². The molecule has 10 aromatic rings. The third kappa shape index (κ3) is 7.59. The Labute approximate surface area is 336 Å². The number of nitrogens with one attached hydrogen (secondary N) is 2. The normalized spacial score (nSPS) is 11.0. The Balaban J connectivity index is 0.000000156. The molecule has 0 bridgehead atoms. The molecule has 0 atom stereocenters. The zero-order valence-electron chi connectivity index (χ0n) is 31.6. The van der Waals surface area contributed by atoms with Crippen LogP contribution in [0.4, 0.5) is 5.69 Å². The first-order valence-electron chi connectivity index (χ1n) is 19.3. The van der Waals surface area contributed by atoms with Crippen molar-refractivity contribution in [2.45, 2.75) is 13.2 Å². The molecular formula is C52H39N3O3. The van der Waals surface area contributed by atoms with E-state index >= 15 is 0 Å². The lowest BCUT2D eigenvalue weighted by Crippen LogP contribution is -2.14. The highest BCUT2D eigenvalue weighted by molar-refractivity contribution is 6.21. The topological polar surface area (TPSA) is 76.2 Å². The maximum atomic E-state index is 13.0. The van der Waals surface area contributed by atoms with E-state index in [4.69, 9.17) is 9.47 Å². The largest absolute Gasteiger partial charge is 0.488 e. The summed E-state index contributed by atoms with van der Waals surface area (Å²) in [6.45, 7) is 1.000. The van der Waals surface area contributed by atoms with E-state index in [0.717, 1.165) is 49.6 Å². The number of amides is 1. The summed E-state index contributed by atoms with van der Waals surface area (Å²) in [5.41, 5.74) is 7.51. The van der Waals surface area contributed by atoms with Gasteiger partial charge in [0.2, 0.25) is 0 Å². The summed E-state index contributed by atoms with van der Waals surface area (Å²) in [5.74, 6) is 1.36. The minimum atomic E-state index is -0.267. The van der Waals surface area contributed by atoms with Crippen molar-refractivity contribution in [2.75, 3.05) is 5.32 Å². The molecule has 280 valence electrons. The smallest absolute Gasteiger partial charge is 0.274 e. The first-order chi connectivity index (χ1) is 28.7. The third-order valence-corrected chi connectivity index (χ3v) is 10.2. The van der Waals surface area contributed by atoms with Gasteiger partial charge in [-0.15, -0.1) is 0 Å². The van der Waals surface area contributed by atoms with Crippen LogP contribution in [-0.4, -0.2) is 15.9 Å². The van der Waals surface area contributed by atoms with E-state index in [2.05, 4.69) is 88.1 Å². The molecule has 1 amide bonds. The van der Waals surface area contributed by atoms with Gasteiger partial charge in [-0.05, 0) is 45.7 Å². The summed E-state index contributed by atoms with van der Waals surface area (Å²) in [6.07, 6.45) is 1.61. The number of aromatic amines is 1. The summed E-state index contributed by atoms with van der Waals surface area (Å²) in [4.78, 5) is 20.7. The number of rotatable bonds is 9. The van der Waals surface area contributed by atoms with Crippen molar-refractivity contribution in [2.24, 2.45) is 0 Å². The number of ether oxygens (including phenoxy) is 2. The first kappa shape index (κ1) is 36.0. The molecule has 0 unspecified atom stereocenters. The molecule has 0 radical (unpaired) electrons. The number of hydrogen-bond acceptors (Lipinski definition) is 4. The fourth-order valence-corrected chi connectivity index (χ4v) is 7.44. The second kappa shape index (κ2) is 16.6. The second-order valence-electron chi connectivity index (χ2n) is 13.9. The number of fused-ring (bicyclic) bond motifs is 6. The van der Waals surface area contributed by atoms with E-state index in [-0.39, 0.29) is 5.91 Å². The molecular weight excluding hydrogens is 715 g/mol. The predicted octanol–water partition coefficient (Wildman–Crippen LogP) is 12.8. The number of anilines is 1. The van der Waals surface area contributed by atoms with Gasteiger partial charge in [-0.3, -0.25) is 9.78 Å². The molecule has 0 aliphatic carbocycles. The zero-order chi connectivity index (χ0) is 39.1. The van der Waals surface area contributed by atoms with E-state index < -0.39 is 0 Å². The van der Waals surface area contributed by atoms with E-state index in [1.807, 2.05) is 103 Å². The summed E-state index contributed by atoms with van der Waals surface area (Å²) in [6, 6.07) is 64.7. The molecule has 2 N–H and O–H groups in total. The quantitative estimate of drug-likeness (QED) is 0.154. The summed E-state index contributed by atoms with van der Waals surface area (Å²) in [7, 11) is 0. The predicted molar refractivity (Wildman–Crippen MR) is 236 cm³/mol. The number of para-hydroxylation sites is 1. The lowest BCUT2D eigenvalue weighted by molar-refractivity contribution is 0.102. The SMILES string of the molecule is O=C(Nc1cc(OCc2ccccc2)c2ccccc2c1-c1ccccc1)c1ccccn1.c1ccc(COc2cc3[nH]c4ccccc4c3c3ccccc23)cc1. The molecule has 8 aromatic carbocycles. The van der Waals surface area contributed by atoms with Crippen LogP contribution in [-0.2, 0) is 13.2 Å². The Morgan fingerprint density at radius 3 is 1.66 bits per heavy atom. The van der Waals surface area contributed by atoms with Crippen LogP contribution >= 0.6 is 0 Å². The molecule has 2 heterocycles. The summed E-state index contributed by atoms with van der Waals surface area (Å²) in [5, 5.41) is 9.96. The molecule has 58 heavy (non-hydrogen) atoms. The van der Waals surface area contributed by atoms with E-state index in [0.29, 0.717) is 30.3 Å². The number of nitrogens with zero attached hydrogens (tertiary/aromatic N) is 1. The second-order valence-corrected chi connectivity index (χ2v) is 13.9. The molecule has 0 fully saturated rings. The standard InChI is InChI=1S/C29H22N2O2.C23H17NO/c32-29(25-17-9-10-18-30-25)31-26-19-27(33-20-21-11-3-1-4-12-21)23-15-7-8-16-24(23)28(26)22-13-5-2-6-14-22;1-2-8-16(9-3-1)15-25-22-14-21-23(18-11-5-4-10-17(18)22)19-12-6-7-13-20(19)24-21/h1-19H,20H2,(H,31,32);1-14,24H,15H2. The highest BCUT2D eigenvalue weighted by atomic mass is 16.5. The maximum Gasteiger partial charge on any atom is 0.274 e. The van der Waals surface area contributed by atoms with E-state index in [1.165, 1.54) is 21.7 Å². The monoisotopic (exact) mass is 753 g/mol. The zero-order valence-corrected chi connectivity index (χ0v) is 31.6. The van der Waals surface area contributed by atoms with Crippen LogP contribution in [0.15, 0.2) is 200 Å². The Morgan fingerprint density at radius 2 is 1.02 bits per heavy atom. The van der Waals surface area contributed by atoms with Crippen LogP contribution in [0.3, 0.4) is 0 Å². The van der Waals surface area contributed by atoms with Crippen LogP contribution < -0.4 is 14.8 Å². The highest BCUT2D eigenvalue weighted by Gasteiger charge is 2.18. The number of pyridine rings is 1. The van der Waals surface area contributed by atoms with Gasteiger partial charge >= 0.3 is 0 Å². The molecule has 6 nitrogen and oxygen atoms in total. The number of hydrogen-bond donors (Lipinski definition) is 2. The number of benzene rings is 8. The number of carbonyl (C=O) groups is 1. The van der Waals surface area contributed by atoms with Crippen LogP contribution in [0.2, 0.25) is 0 Å². The minimum Gasteiger partial charge on any atom is -0.488 e. The minimum absolute atomic E-state index is 0.267. The van der Waals surface area contributed by atoms with Crippen molar-refractivity contribution in [3.63, 3.8) is 0 Å². The molecule has 0 saturated heterocycles. The van der Waals surface area contributed by atoms with E-state index in [9.17, 15) is 4.79 Å². The van der Waals surface area contributed by atoms with Gasteiger partial charge in [-0.25, -0.2) is 0 Å². The number of aromatic nitrogens is 2. The molecule has 10 rings (SSSR count). The van der Waals surface area contributed by atoms with Crippen molar-refractivity contribution >= 4 is 54.9 Å². The van der Waals surface area contributed by atoms with Crippen LogP contribution in [0.1, 0.15) is 21.6 Å². The average molecular weight is 754 g/mol. The van der Waals surface area contributed by atoms with Gasteiger partial charge in [0.05, 0.1) is 11.2 Å². The summed E-state index contributed by atoms with van der Waals surface area (Å²) >= 11 is 0. The van der Waals surface area contributed by atoms with Gasteiger partial charge in [0.25, 0.3) is 5.91 Å². The fraction of sp³-hybridized carbons (Fsp3) is 0.0385.